The molecule has 2 nitrogen and oxygen atoms in total. The molecule has 0 radical (unpaired) electrons. The van der Waals surface area contributed by atoms with Gasteiger partial charge in [0.2, 0.25) is 0 Å². The molecule has 0 N–H and O–H groups in total. The Kier molecular flexibility index (Phi) is 3.01. The molecule has 1 aliphatic heterocycles. The third-order valence-electron chi connectivity index (χ3n) is 1.35. The zero-order valence-corrected chi connectivity index (χ0v) is 5.93. The number of hydrogen-bond acceptors (Lipinski definition) is 2. The second kappa shape index (κ2) is 3.85. The fraction of sp³-hybridized carbons (Fsp3) is 1.00. The Morgan fingerprint density at radius 3 is 3.00 bits per heavy atom. The SMILES string of the molecule is CCCCOC[C@H]1CO1. The van der Waals surface area contributed by atoms with Crippen molar-refractivity contribution in [1.82, 2.24) is 0 Å². The molecule has 1 heterocycles. The van der Waals surface area contributed by atoms with Crippen molar-refractivity contribution in [1.29, 1.82) is 0 Å². The van der Waals surface area contributed by atoms with Crippen molar-refractivity contribution in [2.75, 3.05) is 19.8 Å². The molecular weight excluding hydrogens is 116 g/mol. The zero-order chi connectivity index (χ0) is 6.53. The van der Waals surface area contributed by atoms with Gasteiger partial charge in [-0.1, -0.05) is 13.3 Å². The predicted octanol–water partition coefficient (Wildman–Crippen LogP) is 1.20. The largest absolute Gasteiger partial charge is 0.379 e. The smallest absolute Gasteiger partial charge is 0.104 e. The van der Waals surface area contributed by atoms with Gasteiger partial charge in [0.1, 0.15) is 6.10 Å². The Morgan fingerprint density at radius 2 is 2.44 bits per heavy atom. The molecule has 0 aromatic heterocycles. The molecule has 1 saturated heterocycles. The van der Waals surface area contributed by atoms with E-state index in [0.717, 1.165) is 19.8 Å². The minimum absolute atomic E-state index is 0.432. The Bertz CT molecular complexity index is 69.3. The average Bonchev–Trinajstić information content (AvgIpc) is 2.63. The molecule has 54 valence electrons. The molecule has 0 spiro atoms. The van der Waals surface area contributed by atoms with Crippen molar-refractivity contribution in [2.24, 2.45) is 0 Å². The van der Waals surface area contributed by atoms with E-state index in [9.17, 15) is 0 Å². The third-order valence-corrected chi connectivity index (χ3v) is 1.35. The summed E-state index contributed by atoms with van der Waals surface area (Å²) in [5.41, 5.74) is 0. The first-order chi connectivity index (χ1) is 4.43. The molecule has 1 aliphatic rings. The Balaban J connectivity index is 1.71. The van der Waals surface area contributed by atoms with Crippen LogP contribution in [0.3, 0.4) is 0 Å². The van der Waals surface area contributed by atoms with E-state index in [1.807, 2.05) is 0 Å². The van der Waals surface area contributed by atoms with Crippen LogP contribution in [-0.4, -0.2) is 25.9 Å². The second-order valence-electron chi connectivity index (χ2n) is 2.38. The Labute approximate surface area is 56.2 Å². The second-order valence-corrected chi connectivity index (χ2v) is 2.38. The summed E-state index contributed by atoms with van der Waals surface area (Å²) in [5.74, 6) is 0. The minimum atomic E-state index is 0.432. The molecule has 2 heteroatoms. The van der Waals surface area contributed by atoms with E-state index in [0.29, 0.717) is 6.10 Å². The fourth-order valence-electron chi connectivity index (χ4n) is 0.625. The van der Waals surface area contributed by atoms with E-state index >= 15 is 0 Å². The van der Waals surface area contributed by atoms with E-state index in [1.54, 1.807) is 0 Å². The van der Waals surface area contributed by atoms with E-state index in [4.69, 9.17) is 9.47 Å². The fourth-order valence-corrected chi connectivity index (χ4v) is 0.625. The number of ether oxygens (including phenoxy) is 2. The van der Waals surface area contributed by atoms with Gasteiger partial charge in [-0.3, -0.25) is 0 Å². The first-order valence-corrected chi connectivity index (χ1v) is 3.63. The van der Waals surface area contributed by atoms with Crippen molar-refractivity contribution < 1.29 is 9.47 Å². The lowest BCUT2D eigenvalue weighted by Crippen LogP contribution is -2.01. The molecule has 9 heavy (non-hydrogen) atoms. The summed E-state index contributed by atoms with van der Waals surface area (Å²) in [6.07, 6.45) is 2.82. The Morgan fingerprint density at radius 1 is 1.67 bits per heavy atom. The molecule has 1 rings (SSSR count). The number of rotatable bonds is 5. The monoisotopic (exact) mass is 130 g/mol. The summed E-state index contributed by atoms with van der Waals surface area (Å²) in [6, 6.07) is 0. The van der Waals surface area contributed by atoms with E-state index in [-0.39, 0.29) is 0 Å². The van der Waals surface area contributed by atoms with Crippen molar-refractivity contribution in [2.45, 2.75) is 25.9 Å². The summed E-state index contributed by atoms with van der Waals surface area (Å²) in [6.45, 7) is 4.78. The van der Waals surface area contributed by atoms with Crippen LogP contribution in [-0.2, 0) is 9.47 Å². The highest BCUT2D eigenvalue weighted by Gasteiger charge is 2.21. The first-order valence-electron chi connectivity index (χ1n) is 3.63. The quantitative estimate of drug-likeness (QED) is 0.412. The van der Waals surface area contributed by atoms with Crippen LogP contribution < -0.4 is 0 Å². The molecule has 1 atom stereocenters. The van der Waals surface area contributed by atoms with Crippen molar-refractivity contribution in [3.63, 3.8) is 0 Å². The van der Waals surface area contributed by atoms with Crippen LogP contribution in [0.25, 0.3) is 0 Å². The molecule has 1 fully saturated rings. The van der Waals surface area contributed by atoms with Crippen molar-refractivity contribution >= 4 is 0 Å². The maximum absolute atomic E-state index is 5.27. The molecule has 0 amide bonds. The minimum Gasteiger partial charge on any atom is -0.379 e. The van der Waals surface area contributed by atoms with Crippen molar-refractivity contribution in [3.8, 4) is 0 Å². The normalized spacial score (nSPS) is 24.3. The van der Waals surface area contributed by atoms with Gasteiger partial charge in [0, 0.05) is 6.61 Å². The third kappa shape index (κ3) is 3.49. The average molecular weight is 130 g/mol. The van der Waals surface area contributed by atoms with Gasteiger partial charge in [-0.2, -0.15) is 0 Å². The lowest BCUT2D eigenvalue weighted by Gasteiger charge is -1.97. The first kappa shape index (κ1) is 7.03. The number of hydrogen-bond donors (Lipinski definition) is 0. The maximum atomic E-state index is 5.27. The van der Waals surface area contributed by atoms with Crippen LogP contribution in [0.15, 0.2) is 0 Å². The van der Waals surface area contributed by atoms with Crippen LogP contribution in [0.4, 0.5) is 0 Å². The maximum Gasteiger partial charge on any atom is 0.104 e. The summed E-state index contributed by atoms with van der Waals surface area (Å²) in [4.78, 5) is 0. The van der Waals surface area contributed by atoms with Crippen molar-refractivity contribution in [3.05, 3.63) is 0 Å². The molecule has 0 aliphatic carbocycles. The van der Waals surface area contributed by atoms with Crippen LogP contribution in [0.2, 0.25) is 0 Å². The molecule has 0 unspecified atom stereocenters. The lowest BCUT2D eigenvalue weighted by atomic mass is 10.4. The summed E-state index contributed by atoms with van der Waals surface area (Å²) in [5, 5.41) is 0. The molecule has 0 bridgehead atoms. The van der Waals surface area contributed by atoms with E-state index < -0.39 is 0 Å². The van der Waals surface area contributed by atoms with Gasteiger partial charge >= 0.3 is 0 Å². The van der Waals surface area contributed by atoms with Gasteiger partial charge in [-0.25, -0.2) is 0 Å². The van der Waals surface area contributed by atoms with Gasteiger partial charge in [0.05, 0.1) is 13.2 Å². The highest BCUT2D eigenvalue weighted by molar-refractivity contribution is 4.66. The predicted molar refractivity (Wildman–Crippen MR) is 35.5 cm³/mol. The summed E-state index contributed by atoms with van der Waals surface area (Å²) < 4.78 is 10.2. The van der Waals surface area contributed by atoms with Gasteiger partial charge in [0.15, 0.2) is 0 Å². The highest BCUT2D eigenvalue weighted by atomic mass is 16.6. The van der Waals surface area contributed by atoms with E-state index in [2.05, 4.69) is 6.92 Å². The Hall–Kier alpha value is -0.0800. The summed E-state index contributed by atoms with van der Waals surface area (Å²) in [7, 11) is 0. The van der Waals surface area contributed by atoms with Gasteiger partial charge in [-0.05, 0) is 6.42 Å². The van der Waals surface area contributed by atoms with Crippen LogP contribution in [0.5, 0.6) is 0 Å². The molecule has 0 saturated carbocycles. The molecule has 0 aromatic carbocycles. The molecule has 0 aromatic rings. The topological polar surface area (TPSA) is 21.8 Å². The van der Waals surface area contributed by atoms with Gasteiger partial charge in [0.25, 0.3) is 0 Å². The van der Waals surface area contributed by atoms with Crippen LogP contribution >= 0.6 is 0 Å². The molecular formula is C7H14O2. The standard InChI is InChI=1S/C7H14O2/c1-2-3-4-8-5-7-6-9-7/h7H,2-6H2,1H3/t7-/m0/s1. The van der Waals surface area contributed by atoms with Gasteiger partial charge < -0.3 is 9.47 Å². The van der Waals surface area contributed by atoms with E-state index in [1.165, 1.54) is 12.8 Å². The zero-order valence-electron chi connectivity index (χ0n) is 5.93. The summed E-state index contributed by atoms with van der Waals surface area (Å²) >= 11 is 0. The number of epoxide rings is 1. The van der Waals surface area contributed by atoms with Crippen LogP contribution in [0, 0.1) is 0 Å². The lowest BCUT2D eigenvalue weighted by molar-refractivity contribution is 0.114. The number of unbranched alkanes of at least 4 members (excludes halogenated alkanes) is 1. The van der Waals surface area contributed by atoms with Gasteiger partial charge in [-0.15, -0.1) is 0 Å². The highest BCUT2D eigenvalue weighted by Crippen LogP contribution is 2.08. The van der Waals surface area contributed by atoms with Crippen LogP contribution in [0.1, 0.15) is 19.8 Å².